The van der Waals surface area contributed by atoms with E-state index < -0.39 is 18.1 Å². The Morgan fingerprint density at radius 3 is 2.60 bits per heavy atom. The zero-order chi connectivity index (χ0) is 11.2. The molecule has 6 heteroatoms. The van der Waals surface area contributed by atoms with E-state index in [-0.39, 0.29) is 6.54 Å². The number of aromatic nitrogens is 1. The predicted octanol–water partition coefficient (Wildman–Crippen LogP) is 1.44. The quantitative estimate of drug-likeness (QED) is 0.716. The van der Waals surface area contributed by atoms with Gasteiger partial charge in [-0.05, 0) is 19.2 Å². The minimum absolute atomic E-state index is 0.255. The Hall–Kier alpha value is -1.01. The standard InChI is InChI=1S/C9H11F3N2O/c1-13-4-5-14-6(8(13)15)2-3-7(14)9(10,11)12/h2-3,8,15H,4-5H2,1H3. The highest BCUT2D eigenvalue weighted by Gasteiger charge is 2.37. The highest BCUT2D eigenvalue weighted by molar-refractivity contribution is 5.21. The smallest absolute Gasteiger partial charge is 0.373 e. The number of rotatable bonds is 0. The largest absolute Gasteiger partial charge is 0.431 e. The molecule has 1 unspecified atom stereocenters. The lowest BCUT2D eigenvalue weighted by atomic mass is 10.3. The van der Waals surface area contributed by atoms with Crippen molar-refractivity contribution in [3.8, 4) is 0 Å². The number of alkyl halides is 3. The summed E-state index contributed by atoms with van der Waals surface area (Å²) >= 11 is 0. The molecule has 1 aromatic rings. The number of aliphatic hydroxyl groups excluding tert-OH is 1. The van der Waals surface area contributed by atoms with Gasteiger partial charge in [0.15, 0.2) is 0 Å². The maximum absolute atomic E-state index is 12.5. The molecule has 0 spiro atoms. The number of nitrogens with zero attached hydrogens (tertiary/aromatic N) is 2. The van der Waals surface area contributed by atoms with Crippen molar-refractivity contribution in [3.05, 3.63) is 23.5 Å². The molecule has 0 saturated carbocycles. The van der Waals surface area contributed by atoms with E-state index in [1.165, 1.54) is 6.07 Å². The Morgan fingerprint density at radius 1 is 1.33 bits per heavy atom. The maximum Gasteiger partial charge on any atom is 0.431 e. The summed E-state index contributed by atoms with van der Waals surface area (Å²) < 4.78 is 38.7. The lowest BCUT2D eigenvalue weighted by Crippen LogP contribution is -2.36. The molecular formula is C9H11F3N2O. The van der Waals surface area contributed by atoms with Gasteiger partial charge < -0.3 is 9.67 Å². The SMILES string of the molecule is CN1CCn2c(ccc2C(F)(F)F)C1O. The van der Waals surface area contributed by atoms with Gasteiger partial charge in [-0.1, -0.05) is 0 Å². The van der Waals surface area contributed by atoms with Crippen LogP contribution in [0.3, 0.4) is 0 Å². The Labute approximate surface area is 84.7 Å². The third kappa shape index (κ3) is 1.63. The van der Waals surface area contributed by atoms with E-state index in [0.29, 0.717) is 12.2 Å². The Morgan fingerprint density at radius 2 is 2.00 bits per heavy atom. The fraction of sp³-hybridized carbons (Fsp3) is 0.556. The summed E-state index contributed by atoms with van der Waals surface area (Å²) in [7, 11) is 1.68. The highest BCUT2D eigenvalue weighted by atomic mass is 19.4. The lowest BCUT2D eigenvalue weighted by Gasteiger charge is -2.31. The van der Waals surface area contributed by atoms with Gasteiger partial charge in [0.25, 0.3) is 0 Å². The summed E-state index contributed by atoms with van der Waals surface area (Å²) in [4.78, 5) is 1.61. The second-order valence-electron chi connectivity index (χ2n) is 3.65. The number of fused-ring (bicyclic) bond motifs is 1. The van der Waals surface area contributed by atoms with Crippen molar-refractivity contribution in [2.75, 3.05) is 13.6 Å². The van der Waals surface area contributed by atoms with Crippen LogP contribution < -0.4 is 0 Å². The van der Waals surface area contributed by atoms with Crippen molar-refractivity contribution in [1.29, 1.82) is 0 Å². The third-order valence-corrected chi connectivity index (χ3v) is 2.66. The number of likely N-dealkylation sites (N-methyl/N-ethyl adjacent to an activating group) is 1. The number of hydrogen-bond acceptors (Lipinski definition) is 2. The van der Waals surface area contributed by atoms with Gasteiger partial charge in [-0.2, -0.15) is 13.2 Å². The molecule has 15 heavy (non-hydrogen) atoms. The van der Waals surface area contributed by atoms with Crippen molar-refractivity contribution in [2.24, 2.45) is 0 Å². The molecule has 1 aliphatic rings. The molecule has 0 amide bonds. The summed E-state index contributed by atoms with van der Waals surface area (Å²) in [6.07, 6.45) is -5.30. The van der Waals surface area contributed by atoms with Gasteiger partial charge in [0.05, 0.1) is 5.69 Å². The monoisotopic (exact) mass is 220 g/mol. The van der Waals surface area contributed by atoms with Gasteiger partial charge in [-0.15, -0.1) is 0 Å². The molecule has 84 valence electrons. The van der Waals surface area contributed by atoms with Crippen LogP contribution in [0.15, 0.2) is 12.1 Å². The molecule has 1 N–H and O–H groups in total. The van der Waals surface area contributed by atoms with E-state index in [1.54, 1.807) is 11.9 Å². The summed E-state index contributed by atoms with van der Waals surface area (Å²) in [5, 5.41) is 9.65. The minimum atomic E-state index is -4.35. The van der Waals surface area contributed by atoms with Crippen molar-refractivity contribution in [1.82, 2.24) is 9.47 Å². The fourth-order valence-corrected chi connectivity index (χ4v) is 1.81. The van der Waals surface area contributed by atoms with Crippen LogP contribution >= 0.6 is 0 Å². The molecule has 0 bridgehead atoms. The Kier molecular flexibility index (Phi) is 2.27. The average Bonchev–Trinajstić information content (AvgIpc) is 2.54. The molecule has 0 saturated heterocycles. The van der Waals surface area contributed by atoms with E-state index in [4.69, 9.17) is 0 Å². The normalized spacial score (nSPS) is 22.9. The van der Waals surface area contributed by atoms with Gasteiger partial charge in [0.1, 0.15) is 11.9 Å². The van der Waals surface area contributed by atoms with Crippen molar-refractivity contribution in [3.63, 3.8) is 0 Å². The molecular weight excluding hydrogens is 209 g/mol. The first-order valence-electron chi connectivity index (χ1n) is 4.56. The number of halogens is 3. The summed E-state index contributed by atoms with van der Waals surface area (Å²) in [5.41, 5.74) is -0.388. The van der Waals surface area contributed by atoms with Gasteiger partial charge >= 0.3 is 6.18 Å². The summed E-state index contributed by atoms with van der Waals surface area (Å²) in [6, 6.07) is 2.33. The van der Waals surface area contributed by atoms with Crippen LogP contribution in [0, 0.1) is 0 Å². The number of hydrogen-bond donors (Lipinski definition) is 1. The molecule has 3 nitrogen and oxygen atoms in total. The van der Waals surface area contributed by atoms with Gasteiger partial charge in [-0.3, -0.25) is 4.90 Å². The first-order chi connectivity index (χ1) is 6.91. The van der Waals surface area contributed by atoms with Crippen LogP contribution in [0.2, 0.25) is 0 Å². The topological polar surface area (TPSA) is 28.4 Å². The van der Waals surface area contributed by atoms with E-state index >= 15 is 0 Å². The van der Waals surface area contributed by atoms with Crippen LogP contribution in [-0.4, -0.2) is 28.2 Å². The predicted molar refractivity (Wildman–Crippen MR) is 47.0 cm³/mol. The lowest BCUT2D eigenvalue weighted by molar-refractivity contribution is -0.145. The van der Waals surface area contributed by atoms with E-state index in [2.05, 4.69) is 0 Å². The number of aliphatic hydroxyl groups is 1. The molecule has 0 fully saturated rings. The van der Waals surface area contributed by atoms with Crippen LogP contribution in [0.1, 0.15) is 17.6 Å². The Bertz CT molecular complexity index is 372. The molecule has 2 heterocycles. The third-order valence-electron chi connectivity index (χ3n) is 2.66. The van der Waals surface area contributed by atoms with E-state index in [0.717, 1.165) is 10.6 Å². The summed E-state index contributed by atoms with van der Waals surface area (Å²) in [6.45, 7) is 0.663. The molecule has 2 rings (SSSR count). The molecule has 0 aliphatic carbocycles. The maximum atomic E-state index is 12.5. The van der Waals surface area contributed by atoms with Crippen LogP contribution in [0.4, 0.5) is 13.2 Å². The van der Waals surface area contributed by atoms with Crippen molar-refractivity contribution < 1.29 is 18.3 Å². The fourth-order valence-electron chi connectivity index (χ4n) is 1.81. The minimum Gasteiger partial charge on any atom is -0.373 e. The second-order valence-corrected chi connectivity index (χ2v) is 3.65. The van der Waals surface area contributed by atoms with Crippen molar-refractivity contribution in [2.45, 2.75) is 18.9 Å². The first kappa shape index (κ1) is 10.5. The molecule has 0 radical (unpaired) electrons. The molecule has 0 aromatic carbocycles. The second kappa shape index (κ2) is 3.24. The van der Waals surface area contributed by atoms with Crippen LogP contribution in [0.25, 0.3) is 0 Å². The Balaban J connectivity index is 2.45. The summed E-state index contributed by atoms with van der Waals surface area (Å²) in [5.74, 6) is 0. The molecule has 1 aliphatic heterocycles. The first-order valence-corrected chi connectivity index (χ1v) is 4.56. The van der Waals surface area contributed by atoms with Gasteiger partial charge in [0, 0.05) is 13.1 Å². The zero-order valence-electron chi connectivity index (χ0n) is 8.12. The van der Waals surface area contributed by atoms with E-state index in [9.17, 15) is 18.3 Å². The van der Waals surface area contributed by atoms with Gasteiger partial charge in [-0.25, -0.2) is 0 Å². The van der Waals surface area contributed by atoms with E-state index in [1.807, 2.05) is 0 Å². The average molecular weight is 220 g/mol. The highest BCUT2D eigenvalue weighted by Crippen LogP contribution is 2.34. The van der Waals surface area contributed by atoms with Crippen LogP contribution in [-0.2, 0) is 12.7 Å². The zero-order valence-corrected chi connectivity index (χ0v) is 8.12. The molecule has 1 atom stereocenters. The van der Waals surface area contributed by atoms with Crippen molar-refractivity contribution >= 4 is 0 Å². The van der Waals surface area contributed by atoms with Crippen LogP contribution in [0.5, 0.6) is 0 Å². The van der Waals surface area contributed by atoms with Gasteiger partial charge in [0.2, 0.25) is 0 Å². The molecule has 1 aromatic heterocycles.